The van der Waals surface area contributed by atoms with Crippen LogP contribution in [-0.2, 0) is 0 Å². The Kier molecular flexibility index (Phi) is 4.67. The molecule has 5 heteroatoms. The number of aryl methyl sites for hydroxylation is 1. The zero-order valence-electron chi connectivity index (χ0n) is 13.3. The van der Waals surface area contributed by atoms with Gasteiger partial charge in [0, 0.05) is 5.69 Å². The van der Waals surface area contributed by atoms with E-state index in [1.165, 1.54) is 5.56 Å². The van der Waals surface area contributed by atoms with Gasteiger partial charge in [0.15, 0.2) is 16.6 Å². The van der Waals surface area contributed by atoms with E-state index in [2.05, 4.69) is 36.6 Å². The Balaban J connectivity index is 1.63. The molecule has 23 heavy (non-hydrogen) atoms. The molecule has 0 saturated heterocycles. The maximum absolute atomic E-state index is 5.62. The lowest BCUT2D eigenvalue weighted by molar-refractivity contribution is 0.171. The van der Waals surface area contributed by atoms with Crippen LogP contribution in [0.5, 0.6) is 11.5 Å². The standard InChI is InChI=1S/C18H20N2O2S/c1-12-3-6-15(7-4-12)20-18(23)19-13(2)14-5-8-16-17(11-14)22-10-9-21-16/h3-8,11,13H,9-10H2,1-2H3,(H2,19,20,23)/t13-/m0/s1. The number of rotatable bonds is 3. The maximum Gasteiger partial charge on any atom is 0.171 e. The molecule has 0 radical (unpaired) electrons. The highest BCUT2D eigenvalue weighted by Crippen LogP contribution is 2.32. The Morgan fingerprint density at radius 1 is 1.04 bits per heavy atom. The van der Waals surface area contributed by atoms with Crippen molar-refractivity contribution in [3.8, 4) is 11.5 Å². The normalized spacial score (nSPS) is 14.0. The average molecular weight is 328 g/mol. The van der Waals surface area contributed by atoms with Crippen molar-refractivity contribution in [3.05, 3.63) is 53.6 Å². The number of hydrogen-bond donors (Lipinski definition) is 2. The van der Waals surface area contributed by atoms with Crippen molar-refractivity contribution >= 4 is 23.0 Å². The summed E-state index contributed by atoms with van der Waals surface area (Å²) < 4.78 is 11.2. The average Bonchev–Trinajstić information content (AvgIpc) is 2.56. The van der Waals surface area contributed by atoms with Crippen LogP contribution in [0.4, 0.5) is 5.69 Å². The molecule has 0 saturated carbocycles. The summed E-state index contributed by atoms with van der Waals surface area (Å²) >= 11 is 5.39. The summed E-state index contributed by atoms with van der Waals surface area (Å²) in [4.78, 5) is 0. The molecule has 1 aliphatic rings. The zero-order chi connectivity index (χ0) is 16.2. The molecule has 4 nitrogen and oxygen atoms in total. The molecule has 1 heterocycles. The summed E-state index contributed by atoms with van der Waals surface area (Å²) in [5.74, 6) is 1.59. The van der Waals surface area contributed by atoms with Crippen LogP contribution in [0, 0.1) is 6.92 Å². The Hall–Kier alpha value is -2.27. The van der Waals surface area contributed by atoms with Gasteiger partial charge in [-0.2, -0.15) is 0 Å². The van der Waals surface area contributed by atoms with Crippen LogP contribution in [0.25, 0.3) is 0 Å². The number of nitrogens with one attached hydrogen (secondary N) is 2. The minimum absolute atomic E-state index is 0.0660. The topological polar surface area (TPSA) is 42.5 Å². The van der Waals surface area contributed by atoms with Gasteiger partial charge in [-0.25, -0.2) is 0 Å². The molecule has 3 rings (SSSR count). The first-order valence-electron chi connectivity index (χ1n) is 7.65. The van der Waals surface area contributed by atoms with Gasteiger partial charge in [0.05, 0.1) is 6.04 Å². The van der Waals surface area contributed by atoms with Crippen LogP contribution in [-0.4, -0.2) is 18.3 Å². The first-order valence-corrected chi connectivity index (χ1v) is 8.06. The highest BCUT2D eigenvalue weighted by Gasteiger charge is 2.15. The Bertz CT molecular complexity index is 701. The molecular formula is C18H20N2O2S. The molecule has 0 amide bonds. The third-order valence-electron chi connectivity index (χ3n) is 3.72. The minimum atomic E-state index is 0.0660. The van der Waals surface area contributed by atoms with E-state index in [0.717, 1.165) is 22.7 Å². The Labute approximate surface area is 141 Å². The summed E-state index contributed by atoms with van der Waals surface area (Å²) in [6.07, 6.45) is 0. The predicted molar refractivity (Wildman–Crippen MR) is 96.4 cm³/mol. The van der Waals surface area contributed by atoms with Gasteiger partial charge in [0.1, 0.15) is 13.2 Å². The second kappa shape index (κ2) is 6.87. The van der Waals surface area contributed by atoms with Gasteiger partial charge < -0.3 is 20.1 Å². The number of fused-ring (bicyclic) bond motifs is 1. The largest absolute Gasteiger partial charge is 0.486 e. The summed E-state index contributed by atoms with van der Waals surface area (Å²) in [6, 6.07) is 14.2. The van der Waals surface area contributed by atoms with E-state index < -0.39 is 0 Å². The summed E-state index contributed by atoms with van der Waals surface area (Å²) in [6.45, 7) is 5.31. The molecule has 2 aromatic carbocycles. The van der Waals surface area contributed by atoms with Crippen molar-refractivity contribution in [2.45, 2.75) is 19.9 Å². The van der Waals surface area contributed by atoms with Crippen LogP contribution in [0.1, 0.15) is 24.1 Å². The smallest absolute Gasteiger partial charge is 0.171 e. The molecular weight excluding hydrogens is 308 g/mol. The summed E-state index contributed by atoms with van der Waals surface area (Å²) in [5.41, 5.74) is 3.30. The van der Waals surface area contributed by atoms with E-state index in [1.54, 1.807) is 0 Å². The summed E-state index contributed by atoms with van der Waals surface area (Å²) in [5, 5.41) is 7.08. The SMILES string of the molecule is Cc1ccc(NC(=S)N[C@@H](C)c2ccc3c(c2)OCCO3)cc1. The Morgan fingerprint density at radius 3 is 2.48 bits per heavy atom. The molecule has 1 aliphatic heterocycles. The van der Waals surface area contributed by atoms with Crippen LogP contribution >= 0.6 is 12.2 Å². The second-order valence-electron chi connectivity index (χ2n) is 5.59. The molecule has 0 spiro atoms. The van der Waals surface area contributed by atoms with Gasteiger partial charge in [0.2, 0.25) is 0 Å². The van der Waals surface area contributed by atoms with E-state index in [-0.39, 0.29) is 6.04 Å². The van der Waals surface area contributed by atoms with Crippen molar-refractivity contribution in [3.63, 3.8) is 0 Å². The maximum atomic E-state index is 5.62. The van der Waals surface area contributed by atoms with Gasteiger partial charge in [-0.1, -0.05) is 23.8 Å². The van der Waals surface area contributed by atoms with Gasteiger partial charge in [-0.3, -0.25) is 0 Å². The quantitative estimate of drug-likeness (QED) is 0.839. The fourth-order valence-electron chi connectivity index (χ4n) is 2.41. The van der Waals surface area contributed by atoms with Crippen LogP contribution in [0.15, 0.2) is 42.5 Å². The molecule has 1 atom stereocenters. The zero-order valence-corrected chi connectivity index (χ0v) is 14.1. The molecule has 0 fully saturated rings. The second-order valence-corrected chi connectivity index (χ2v) is 6.00. The van der Waals surface area contributed by atoms with Crippen molar-refractivity contribution in [2.75, 3.05) is 18.5 Å². The van der Waals surface area contributed by atoms with Crippen molar-refractivity contribution in [1.29, 1.82) is 0 Å². The van der Waals surface area contributed by atoms with Gasteiger partial charge >= 0.3 is 0 Å². The minimum Gasteiger partial charge on any atom is -0.486 e. The molecule has 2 N–H and O–H groups in total. The van der Waals surface area contributed by atoms with E-state index in [1.807, 2.05) is 30.3 Å². The number of thiocarbonyl (C=S) groups is 1. The van der Waals surface area contributed by atoms with Gasteiger partial charge in [-0.05, 0) is 55.9 Å². The highest BCUT2D eigenvalue weighted by molar-refractivity contribution is 7.80. The third kappa shape index (κ3) is 3.93. The van der Waals surface area contributed by atoms with E-state index >= 15 is 0 Å². The molecule has 120 valence electrons. The van der Waals surface area contributed by atoms with Crippen molar-refractivity contribution in [2.24, 2.45) is 0 Å². The van der Waals surface area contributed by atoms with E-state index in [9.17, 15) is 0 Å². The highest BCUT2D eigenvalue weighted by atomic mass is 32.1. The van der Waals surface area contributed by atoms with Crippen molar-refractivity contribution < 1.29 is 9.47 Å². The molecule has 2 aromatic rings. The molecule has 0 aliphatic carbocycles. The van der Waals surface area contributed by atoms with Crippen molar-refractivity contribution in [1.82, 2.24) is 5.32 Å². The number of benzene rings is 2. The van der Waals surface area contributed by atoms with Gasteiger partial charge in [-0.15, -0.1) is 0 Å². The number of anilines is 1. The monoisotopic (exact) mass is 328 g/mol. The van der Waals surface area contributed by atoms with Crippen LogP contribution in [0.3, 0.4) is 0 Å². The van der Waals surface area contributed by atoms with E-state index in [0.29, 0.717) is 18.3 Å². The number of ether oxygens (including phenoxy) is 2. The fourth-order valence-corrected chi connectivity index (χ4v) is 2.71. The molecule has 0 bridgehead atoms. The lowest BCUT2D eigenvalue weighted by Gasteiger charge is -2.22. The predicted octanol–water partition coefficient (Wildman–Crippen LogP) is 3.81. The van der Waals surface area contributed by atoms with Crippen LogP contribution in [0.2, 0.25) is 0 Å². The molecule has 0 aromatic heterocycles. The van der Waals surface area contributed by atoms with E-state index in [4.69, 9.17) is 21.7 Å². The van der Waals surface area contributed by atoms with Gasteiger partial charge in [0.25, 0.3) is 0 Å². The summed E-state index contributed by atoms with van der Waals surface area (Å²) in [7, 11) is 0. The third-order valence-corrected chi connectivity index (χ3v) is 3.94. The Morgan fingerprint density at radius 2 is 1.74 bits per heavy atom. The fraction of sp³-hybridized carbons (Fsp3) is 0.278. The molecule has 0 unspecified atom stereocenters. The lowest BCUT2D eigenvalue weighted by Crippen LogP contribution is -2.31. The lowest BCUT2D eigenvalue weighted by atomic mass is 10.1. The first-order chi connectivity index (χ1) is 11.1. The van der Waals surface area contributed by atoms with Crippen LogP contribution < -0.4 is 20.1 Å². The number of hydrogen-bond acceptors (Lipinski definition) is 3. The first kappa shape index (κ1) is 15.6.